The van der Waals surface area contributed by atoms with Crippen molar-refractivity contribution in [3.8, 4) is 11.5 Å². The van der Waals surface area contributed by atoms with E-state index >= 15 is 0 Å². The summed E-state index contributed by atoms with van der Waals surface area (Å²) in [6, 6.07) is 4.28. The number of hydrogen-bond donors (Lipinski definition) is 2. The number of fused-ring (bicyclic) bond motifs is 1. The van der Waals surface area contributed by atoms with E-state index in [-0.39, 0.29) is 17.1 Å². The first kappa shape index (κ1) is 14.0. The summed E-state index contributed by atoms with van der Waals surface area (Å²) < 4.78 is 10.1. The maximum absolute atomic E-state index is 11.8. The zero-order valence-corrected chi connectivity index (χ0v) is 11.0. The van der Waals surface area contributed by atoms with Crippen molar-refractivity contribution in [1.82, 2.24) is 0 Å². The molecule has 0 bridgehead atoms. The van der Waals surface area contributed by atoms with Gasteiger partial charge in [0.05, 0.1) is 12.9 Å². The predicted molar refractivity (Wildman–Crippen MR) is 74.9 cm³/mol. The normalized spacial score (nSPS) is 10.6. The van der Waals surface area contributed by atoms with Crippen molar-refractivity contribution in [2.24, 2.45) is 0 Å². The van der Waals surface area contributed by atoms with Crippen LogP contribution in [0.5, 0.6) is 11.5 Å². The van der Waals surface area contributed by atoms with Crippen molar-refractivity contribution in [3.63, 3.8) is 0 Å². The summed E-state index contributed by atoms with van der Waals surface area (Å²) in [4.78, 5) is 11.8. The van der Waals surface area contributed by atoms with Gasteiger partial charge >= 0.3 is 5.63 Å². The molecule has 2 N–H and O–H groups in total. The van der Waals surface area contributed by atoms with Crippen molar-refractivity contribution in [2.75, 3.05) is 6.61 Å². The Kier molecular flexibility index (Phi) is 4.30. The average molecular weight is 276 g/mol. The zero-order valence-electron chi connectivity index (χ0n) is 11.0. The molecule has 1 aromatic carbocycles. The molecule has 1 aromatic heterocycles. The molecule has 0 aliphatic rings. The third-order valence-electron chi connectivity index (χ3n) is 2.98. The summed E-state index contributed by atoms with van der Waals surface area (Å²) in [5.41, 5.74) is 0.373. The van der Waals surface area contributed by atoms with Gasteiger partial charge < -0.3 is 19.4 Å². The third kappa shape index (κ3) is 3.12. The van der Waals surface area contributed by atoms with E-state index in [9.17, 15) is 15.0 Å². The number of aryl methyl sites for hydroxylation is 1. The van der Waals surface area contributed by atoms with E-state index in [1.165, 1.54) is 18.4 Å². The van der Waals surface area contributed by atoms with Gasteiger partial charge in [-0.2, -0.15) is 0 Å². The number of rotatable bonds is 6. The summed E-state index contributed by atoms with van der Waals surface area (Å²) >= 11 is 0. The number of phenolic OH excluding ortho intramolecular Hbond substituents is 2. The standard InChI is InChI=1S/C15H16O5/c1-2-19-6-4-3-5-10-7-11-8-12(16)13(17)9-14(11)20-15(10)18/h2,7-9,16-17H,1,3-6H2. The number of aromatic hydroxyl groups is 2. The van der Waals surface area contributed by atoms with Gasteiger partial charge in [0.15, 0.2) is 11.5 Å². The molecule has 0 amide bonds. The third-order valence-corrected chi connectivity index (χ3v) is 2.98. The van der Waals surface area contributed by atoms with E-state index in [1.54, 1.807) is 6.07 Å². The Bertz CT molecular complexity index is 672. The Balaban J connectivity index is 2.17. The maximum Gasteiger partial charge on any atom is 0.339 e. The van der Waals surface area contributed by atoms with Crippen LogP contribution in [-0.4, -0.2) is 16.8 Å². The van der Waals surface area contributed by atoms with Crippen LogP contribution in [0.25, 0.3) is 11.0 Å². The van der Waals surface area contributed by atoms with E-state index in [2.05, 4.69) is 6.58 Å². The second-order valence-corrected chi connectivity index (χ2v) is 4.43. The van der Waals surface area contributed by atoms with Crippen LogP contribution in [0.15, 0.2) is 40.3 Å². The van der Waals surface area contributed by atoms with E-state index in [1.807, 2.05) is 0 Å². The Morgan fingerprint density at radius 3 is 2.70 bits per heavy atom. The molecule has 2 rings (SSSR count). The first-order valence-corrected chi connectivity index (χ1v) is 6.33. The molecule has 0 spiro atoms. The fraction of sp³-hybridized carbons (Fsp3) is 0.267. The summed E-state index contributed by atoms with van der Waals surface area (Å²) in [5, 5.41) is 19.4. The van der Waals surface area contributed by atoms with Crippen molar-refractivity contribution in [3.05, 3.63) is 47.0 Å². The minimum Gasteiger partial charge on any atom is -0.504 e. The Morgan fingerprint density at radius 1 is 1.20 bits per heavy atom. The van der Waals surface area contributed by atoms with E-state index in [0.29, 0.717) is 24.0 Å². The van der Waals surface area contributed by atoms with Crippen LogP contribution in [0, 0.1) is 0 Å². The predicted octanol–water partition coefficient (Wildman–Crippen LogP) is 2.69. The van der Waals surface area contributed by atoms with Gasteiger partial charge in [0, 0.05) is 17.0 Å². The highest BCUT2D eigenvalue weighted by atomic mass is 16.5. The minimum atomic E-state index is -0.424. The fourth-order valence-corrected chi connectivity index (χ4v) is 1.95. The molecule has 20 heavy (non-hydrogen) atoms. The van der Waals surface area contributed by atoms with Crippen molar-refractivity contribution in [2.45, 2.75) is 19.3 Å². The molecular weight excluding hydrogens is 260 g/mol. The highest BCUT2D eigenvalue weighted by Gasteiger charge is 2.08. The van der Waals surface area contributed by atoms with Crippen LogP contribution < -0.4 is 5.63 Å². The number of benzene rings is 1. The lowest BCUT2D eigenvalue weighted by molar-refractivity contribution is 0.243. The van der Waals surface area contributed by atoms with Gasteiger partial charge in [0.25, 0.3) is 0 Å². The second kappa shape index (κ2) is 6.14. The Hall–Kier alpha value is -2.43. The van der Waals surface area contributed by atoms with Crippen LogP contribution in [0.3, 0.4) is 0 Å². The number of ether oxygens (including phenoxy) is 1. The van der Waals surface area contributed by atoms with Crippen LogP contribution in [0.2, 0.25) is 0 Å². The molecule has 106 valence electrons. The molecule has 1 heterocycles. The lowest BCUT2D eigenvalue weighted by Crippen LogP contribution is -2.07. The number of unbranched alkanes of at least 4 members (excludes halogenated alkanes) is 1. The lowest BCUT2D eigenvalue weighted by Gasteiger charge is -2.04. The Labute approximate surface area is 115 Å². The molecule has 0 aliphatic carbocycles. The smallest absolute Gasteiger partial charge is 0.339 e. The molecule has 0 saturated heterocycles. The second-order valence-electron chi connectivity index (χ2n) is 4.43. The summed E-state index contributed by atoms with van der Waals surface area (Å²) in [6.07, 6.45) is 3.55. The molecule has 5 heteroatoms. The molecule has 0 aliphatic heterocycles. The summed E-state index contributed by atoms with van der Waals surface area (Å²) in [6.45, 7) is 4.02. The van der Waals surface area contributed by atoms with Crippen LogP contribution >= 0.6 is 0 Å². The van der Waals surface area contributed by atoms with Gasteiger partial charge in [-0.15, -0.1) is 0 Å². The van der Waals surface area contributed by atoms with Crippen LogP contribution in [0.1, 0.15) is 18.4 Å². The highest BCUT2D eigenvalue weighted by molar-refractivity contribution is 5.80. The number of phenols is 2. The molecule has 0 fully saturated rings. The molecule has 0 saturated carbocycles. The van der Waals surface area contributed by atoms with Crippen LogP contribution in [0.4, 0.5) is 0 Å². The van der Waals surface area contributed by atoms with Crippen molar-refractivity contribution >= 4 is 11.0 Å². The average Bonchev–Trinajstić information content (AvgIpc) is 2.41. The van der Waals surface area contributed by atoms with Gasteiger partial charge in [-0.3, -0.25) is 0 Å². The van der Waals surface area contributed by atoms with Gasteiger partial charge in [-0.25, -0.2) is 4.79 Å². The number of hydrogen-bond acceptors (Lipinski definition) is 5. The Morgan fingerprint density at radius 2 is 1.95 bits per heavy atom. The fourth-order valence-electron chi connectivity index (χ4n) is 1.95. The van der Waals surface area contributed by atoms with Gasteiger partial charge in [0.1, 0.15) is 5.58 Å². The quantitative estimate of drug-likeness (QED) is 0.367. The molecule has 0 unspecified atom stereocenters. The van der Waals surface area contributed by atoms with Gasteiger partial charge in [0.2, 0.25) is 0 Å². The monoisotopic (exact) mass is 276 g/mol. The maximum atomic E-state index is 11.8. The van der Waals surface area contributed by atoms with Crippen molar-refractivity contribution < 1.29 is 19.4 Å². The highest BCUT2D eigenvalue weighted by Crippen LogP contribution is 2.29. The van der Waals surface area contributed by atoms with E-state index in [4.69, 9.17) is 9.15 Å². The SMILES string of the molecule is C=COCCCCc1cc2cc(O)c(O)cc2oc1=O. The summed E-state index contributed by atoms with van der Waals surface area (Å²) in [5.74, 6) is -0.549. The molecule has 5 nitrogen and oxygen atoms in total. The topological polar surface area (TPSA) is 79.9 Å². The van der Waals surface area contributed by atoms with E-state index < -0.39 is 5.63 Å². The van der Waals surface area contributed by atoms with Gasteiger partial charge in [-0.1, -0.05) is 6.58 Å². The first-order chi connectivity index (χ1) is 9.61. The first-order valence-electron chi connectivity index (χ1n) is 6.33. The molecule has 2 aromatic rings. The zero-order chi connectivity index (χ0) is 14.5. The lowest BCUT2D eigenvalue weighted by atomic mass is 10.1. The minimum absolute atomic E-state index is 0.239. The van der Waals surface area contributed by atoms with Gasteiger partial charge in [-0.05, 0) is 31.4 Å². The van der Waals surface area contributed by atoms with Crippen molar-refractivity contribution in [1.29, 1.82) is 0 Å². The summed E-state index contributed by atoms with van der Waals surface area (Å²) in [7, 11) is 0. The van der Waals surface area contributed by atoms with E-state index in [0.717, 1.165) is 12.8 Å². The van der Waals surface area contributed by atoms with Crippen LogP contribution in [-0.2, 0) is 11.2 Å². The molecule has 0 radical (unpaired) electrons. The molecular formula is C15H16O5. The molecule has 0 atom stereocenters. The largest absolute Gasteiger partial charge is 0.504 e.